The molecule has 3 heterocycles. The predicted molar refractivity (Wildman–Crippen MR) is 131 cm³/mol. The summed E-state index contributed by atoms with van der Waals surface area (Å²) in [7, 11) is 4.06. The molecule has 0 aliphatic carbocycles. The molecule has 1 aliphatic heterocycles. The Labute approximate surface area is 204 Å². The number of piperidine rings is 1. The fourth-order valence-electron chi connectivity index (χ4n) is 3.67. The van der Waals surface area contributed by atoms with E-state index in [1.165, 1.54) is 0 Å². The number of hydrogen-bond acceptors (Lipinski definition) is 8. The number of nitrogens with zero attached hydrogens (tertiary/aromatic N) is 7. The number of benzene rings is 1. The Kier molecular flexibility index (Phi) is 8.12. The van der Waals surface area contributed by atoms with Crippen LogP contribution in [0.15, 0.2) is 47.8 Å². The topological polar surface area (TPSA) is 89.3 Å². The molecule has 0 unspecified atom stereocenters. The summed E-state index contributed by atoms with van der Waals surface area (Å²) in [5.41, 5.74) is 3.29. The molecule has 2 aromatic heterocycles. The minimum atomic E-state index is -0.299. The quantitative estimate of drug-likeness (QED) is 0.484. The van der Waals surface area contributed by atoms with Gasteiger partial charge in [0.1, 0.15) is 5.75 Å². The molecule has 1 amide bonds. The van der Waals surface area contributed by atoms with E-state index in [9.17, 15) is 4.79 Å². The summed E-state index contributed by atoms with van der Waals surface area (Å²) in [6.45, 7) is 4.99. The van der Waals surface area contributed by atoms with Crippen LogP contribution < -0.4 is 4.74 Å². The Morgan fingerprint density at radius 3 is 2.59 bits per heavy atom. The first-order valence-electron chi connectivity index (χ1n) is 11.5. The summed E-state index contributed by atoms with van der Waals surface area (Å²) in [5.74, 6) is 0.558. The zero-order valence-corrected chi connectivity index (χ0v) is 20.7. The van der Waals surface area contributed by atoms with Gasteiger partial charge in [0.05, 0.1) is 6.54 Å². The number of tetrazole rings is 1. The van der Waals surface area contributed by atoms with Crippen LogP contribution in [0.2, 0.25) is 0 Å². The molecule has 1 aliphatic rings. The fourth-order valence-corrected chi connectivity index (χ4v) is 4.75. The molecular weight excluding hydrogens is 450 g/mol. The van der Waals surface area contributed by atoms with Crippen molar-refractivity contribution in [3.63, 3.8) is 0 Å². The molecule has 0 atom stereocenters. The first-order valence-corrected chi connectivity index (χ1v) is 12.4. The number of carbonyl (C=O) groups excluding carboxylic acids is 1. The van der Waals surface area contributed by atoms with Gasteiger partial charge >= 0.3 is 6.09 Å². The van der Waals surface area contributed by atoms with E-state index in [1.54, 1.807) is 16.7 Å². The number of rotatable bonds is 8. The molecular formula is C24H31N7O2S. The van der Waals surface area contributed by atoms with E-state index < -0.39 is 0 Å². The van der Waals surface area contributed by atoms with Gasteiger partial charge in [-0.3, -0.25) is 4.98 Å². The van der Waals surface area contributed by atoms with Gasteiger partial charge in [-0.25, -0.2) is 9.48 Å². The SMILES string of the molecule is Cc1ccc(Cc2ccc(OC(=O)N3CCC(Sc4nnnn4CCN(C)C)CC3)cc2)nc1. The second-order valence-electron chi connectivity index (χ2n) is 8.81. The highest BCUT2D eigenvalue weighted by Crippen LogP contribution is 2.29. The first-order chi connectivity index (χ1) is 16.5. The summed E-state index contributed by atoms with van der Waals surface area (Å²) < 4.78 is 7.46. The van der Waals surface area contributed by atoms with E-state index in [0.29, 0.717) is 24.1 Å². The molecule has 0 spiro atoms. The van der Waals surface area contributed by atoms with Gasteiger partial charge in [0.25, 0.3) is 0 Å². The van der Waals surface area contributed by atoms with Gasteiger partial charge in [-0.1, -0.05) is 30.0 Å². The van der Waals surface area contributed by atoms with Crippen LogP contribution in [0.25, 0.3) is 0 Å². The van der Waals surface area contributed by atoms with Crippen molar-refractivity contribution in [2.45, 2.75) is 43.1 Å². The van der Waals surface area contributed by atoms with Gasteiger partial charge in [0.2, 0.25) is 5.16 Å². The number of likely N-dealkylation sites (N-methyl/N-ethyl adjacent to an activating group) is 1. The van der Waals surface area contributed by atoms with Crippen molar-refractivity contribution in [1.82, 2.24) is 35.0 Å². The van der Waals surface area contributed by atoms with Crippen LogP contribution in [0.5, 0.6) is 5.75 Å². The van der Waals surface area contributed by atoms with E-state index in [4.69, 9.17) is 4.74 Å². The van der Waals surface area contributed by atoms with Crippen molar-refractivity contribution in [2.24, 2.45) is 0 Å². The predicted octanol–water partition coefficient (Wildman–Crippen LogP) is 3.28. The monoisotopic (exact) mass is 481 g/mol. The van der Waals surface area contributed by atoms with Crippen LogP contribution in [0.3, 0.4) is 0 Å². The Hall–Kier alpha value is -2.98. The third-order valence-corrected chi connectivity index (χ3v) is 7.02. The average molecular weight is 482 g/mol. The zero-order valence-electron chi connectivity index (χ0n) is 19.9. The number of carbonyl (C=O) groups is 1. The van der Waals surface area contributed by atoms with E-state index in [0.717, 1.165) is 54.3 Å². The number of likely N-dealkylation sites (tertiary alicyclic amines) is 1. The maximum Gasteiger partial charge on any atom is 0.415 e. The summed E-state index contributed by atoms with van der Waals surface area (Å²) in [4.78, 5) is 21.0. The lowest BCUT2D eigenvalue weighted by atomic mass is 10.1. The van der Waals surface area contributed by atoms with E-state index in [2.05, 4.69) is 31.5 Å². The van der Waals surface area contributed by atoms with Crippen LogP contribution in [0, 0.1) is 6.92 Å². The summed E-state index contributed by atoms with van der Waals surface area (Å²) >= 11 is 1.69. The third-order valence-electron chi connectivity index (χ3n) is 5.72. The maximum atomic E-state index is 12.6. The molecule has 0 bridgehead atoms. The number of thioether (sulfide) groups is 1. The first kappa shape index (κ1) is 24.2. The molecule has 4 rings (SSSR count). The molecule has 0 radical (unpaired) electrons. The Morgan fingerprint density at radius 1 is 1.15 bits per heavy atom. The Bertz CT molecular complexity index is 1060. The van der Waals surface area contributed by atoms with Crippen LogP contribution >= 0.6 is 11.8 Å². The normalized spacial score (nSPS) is 14.5. The van der Waals surface area contributed by atoms with Crippen molar-refractivity contribution < 1.29 is 9.53 Å². The molecule has 1 aromatic carbocycles. The van der Waals surface area contributed by atoms with Gasteiger partial charge in [0, 0.05) is 43.2 Å². The maximum absolute atomic E-state index is 12.6. The van der Waals surface area contributed by atoms with Crippen LogP contribution in [0.1, 0.15) is 29.7 Å². The van der Waals surface area contributed by atoms with Crippen LogP contribution in [-0.2, 0) is 13.0 Å². The Morgan fingerprint density at radius 2 is 1.91 bits per heavy atom. The van der Waals surface area contributed by atoms with Crippen molar-refractivity contribution in [3.8, 4) is 5.75 Å². The van der Waals surface area contributed by atoms with Gasteiger partial charge in [-0.15, -0.1) is 5.10 Å². The van der Waals surface area contributed by atoms with E-state index in [-0.39, 0.29) is 6.09 Å². The molecule has 34 heavy (non-hydrogen) atoms. The number of hydrogen-bond donors (Lipinski definition) is 0. The highest BCUT2D eigenvalue weighted by atomic mass is 32.2. The number of pyridine rings is 1. The highest BCUT2D eigenvalue weighted by Gasteiger charge is 2.26. The molecule has 0 saturated carbocycles. The summed E-state index contributed by atoms with van der Waals surface area (Å²) in [5, 5.41) is 13.3. The smallest absolute Gasteiger partial charge is 0.410 e. The minimum Gasteiger partial charge on any atom is -0.410 e. The second kappa shape index (κ2) is 11.4. The molecule has 10 heteroatoms. The number of ether oxygens (including phenoxy) is 1. The number of aryl methyl sites for hydroxylation is 1. The van der Waals surface area contributed by atoms with Gasteiger partial charge in [-0.2, -0.15) is 0 Å². The van der Waals surface area contributed by atoms with E-state index in [1.807, 2.05) is 62.2 Å². The van der Waals surface area contributed by atoms with Crippen LogP contribution in [-0.4, -0.2) is 80.1 Å². The average Bonchev–Trinajstić information content (AvgIpc) is 3.28. The lowest BCUT2D eigenvalue weighted by Crippen LogP contribution is -2.41. The van der Waals surface area contributed by atoms with Crippen LogP contribution in [0.4, 0.5) is 4.79 Å². The molecule has 9 nitrogen and oxygen atoms in total. The lowest BCUT2D eigenvalue weighted by Gasteiger charge is -2.30. The zero-order chi connectivity index (χ0) is 23.9. The second-order valence-corrected chi connectivity index (χ2v) is 10.1. The van der Waals surface area contributed by atoms with Crippen molar-refractivity contribution in [1.29, 1.82) is 0 Å². The molecule has 180 valence electrons. The largest absolute Gasteiger partial charge is 0.415 e. The summed E-state index contributed by atoms with van der Waals surface area (Å²) in [6.07, 6.45) is 4.08. The van der Waals surface area contributed by atoms with Gasteiger partial charge in [-0.05, 0) is 73.6 Å². The molecule has 0 N–H and O–H groups in total. The fraction of sp³-hybridized carbons (Fsp3) is 0.458. The lowest BCUT2D eigenvalue weighted by molar-refractivity contribution is 0.143. The highest BCUT2D eigenvalue weighted by molar-refractivity contribution is 7.99. The molecule has 1 fully saturated rings. The molecule has 1 saturated heterocycles. The van der Waals surface area contributed by atoms with Crippen molar-refractivity contribution in [2.75, 3.05) is 33.7 Å². The van der Waals surface area contributed by atoms with Crippen molar-refractivity contribution in [3.05, 3.63) is 59.4 Å². The number of amides is 1. The number of aromatic nitrogens is 5. The summed E-state index contributed by atoms with van der Waals surface area (Å²) in [6, 6.07) is 11.7. The molecule has 3 aromatic rings. The third kappa shape index (κ3) is 6.77. The standard InChI is InChI=1S/C24H31N7O2S/c1-18-4-7-20(25-17-18)16-19-5-8-21(9-6-19)33-24(32)30-12-10-22(11-13-30)34-23-26-27-28-31(23)15-14-29(2)3/h4-9,17,22H,10-16H2,1-3H3. The van der Waals surface area contributed by atoms with Crippen molar-refractivity contribution >= 4 is 17.9 Å². The van der Waals surface area contributed by atoms with Gasteiger partial charge < -0.3 is 14.5 Å². The minimum absolute atomic E-state index is 0.299. The van der Waals surface area contributed by atoms with Gasteiger partial charge in [0.15, 0.2) is 0 Å². The Balaban J connectivity index is 1.23. The van der Waals surface area contributed by atoms with E-state index >= 15 is 0 Å².